The molecule has 1 aromatic rings. The minimum absolute atomic E-state index is 0.127. The van der Waals surface area contributed by atoms with Gasteiger partial charge in [0.1, 0.15) is 5.15 Å². The molecule has 0 fully saturated rings. The first-order valence-electron chi connectivity index (χ1n) is 4.98. The van der Waals surface area contributed by atoms with Gasteiger partial charge in [-0.3, -0.25) is 10.3 Å². The van der Waals surface area contributed by atoms with Crippen molar-refractivity contribution in [3.05, 3.63) is 29.0 Å². The van der Waals surface area contributed by atoms with Crippen LogP contribution in [0.5, 0.6) is 0 Å². The number of nitrogens with two attached hydrogens (primary N) is 1. The van der Waals surface area contributed by atoms with E-state index in [4.69, 9.17) is 22.6 Å². The van der Waals surface area contributed by atoms with Gasteiger partial charge in [-0.05, 0) is 11.6 Å². The average Bonchev–Trinajstić information content (AvgIpc) is 2.31. The lowest BCUT2D eigenvalue weighted by Crippen LogP contribution is -2.28. The van der Waals surface area contributed by atoms with Crippen LogP contribution in [0.1, 0.15) is 5.56 Å². The first-order chi connectivity index (χ1) is 8.22. The minimum atomic E-state index is 0.127. The summed E-state index contributed by atoms with van der Waals surface area (Å²) in [4.78, 5) is 7.88. The summed E-state index contributed by atoms with van der Waals surface area (Å²) in [5.74, 6) is 0.127. The number of aliphatic imine (C=N–C) groups is 1. The highest BCUT2D eigenvalue weighted by Gasteiger charge is 1.93. The molecule has 0 aromatic carbocycles. The van der Waals surface area contributed by atoms with Gasteiger partial charge in [0, 0.05) is 19.3 Å². The summed E-state index contributed by atoms with van der Waals surface area (Å²) in [6, 6.07) is 3.64. The van der Waals surface area contributed by atoms with Crippen molar-refractivity contribution in [2.45, 2.75) is 6.54 Å². The quantitative estimate of drug-likeness (QED) is 0.174. The van der Waals surface area contributed by atoms with Crippen LogP contribution in [0.4, 0.5) is 0 Å². The summed E-state index contributed by atoms with van der Waals surface area (Å²) in [5, 5.41) is 14.1. The number of rotatable bonds is 5. The van der Waals surface area contributed by atoms with Gasteiger partial charge >= 0.3 is 0 Å². The highest BCUT2D eigenvalue weighted by molar-refractivity contribution is 6.29. The van der Waals surface area contributed by atoms with Crippen LogP contribution in [0.3, 0.4) is 0 Å². The van der Waals surface area contributed by atoms with Gasteiger partial charge in [0.25, 0.3) is 0 Å². The Morgan fingerprint density at radius 3 is 3.06 bits per heavy atom. The Morgan fingerprint density at radius 1 is 1.59 bits per heavy atom. The maximum atomic E-state index is 8.26. The number of halogens is 1. The van der Waals surface area contributed by atoms with Gasteiger partial charge in [-0.2, -0.15) is 5.26 Å². The van der Waals surface area contributed by atoms with Crippen molar-refractivity contribution in [1.29, 1.82) is 5.26 Å². The molecular formula is C10H13ClN6. The molecule has 0 amide bonds. The predicted octanol–water partition coefficient (Wildman–Crippen LogP) is 0.210. The first kappa shape index (κ1) is 13.2. The molecule has 1 heterocycles. The lowest BCUT2D eigenvalue weighted by Gasteiger charge is -2.03. The summed E-state index contributed by atoms with van der Waals surface area (Å²) < 4.78 is 0. The topological polar surface area (TPSA) is 99.1 Å². The minimum Gasteiger partial charge on any atom is -0.369 e. The zero-order chi connectivity index (χ0) is 12.5. The first-order valence-corrected chi connectivity index (χ1v) is 5.36. The number of nitriles is 1. The summed E-state index contributed by atoms with van der Waals surface area (Å²) in [5.41, 5.74) is 6.40. The molecule has 0 atom stereocenters. The Hall–Kier alpha value is -1.84. The molecule has 0 spiro atoms. The van der Waals surface area contributed by atoms with E-state index in [9.17, 15) is 0 Å². The monoisotopic (exact) mass is 252 g/mol. The Labute approximate surface area is 105 Å². The van der Waals surface area contributed by atoms with Gasteiger partial charge in [-0.1, -0.05) is 17.7 Å². The lowest BCUT2D eigenvalue weighted by molar-refractivity contribution is 0.692. The number of guanidine groups is 1. The third-order valence-corrected chi connectivity index (χ3v) is 2.10. The van der Waals surface area contributed by atoms with Crippen LogP contribution >= 0.6 is 11.6 Å². The number of aromatic nitrogens is 1. The molecule has 1 aromatic heterocycles. The molecule has 4 N–H and O–H groups in total. The maximum absolute atomic E-state index is 8.26. The Bertz CT molecular complexity index is 408. The molecule has 0 bridgehead atoms. The van der Waals surface area contributed by atoms with Crippen LogP contribution in [0.15, 0.2) is 23.3 Å². The summed E-state index contributed by atoms with van der Waals surface area (Å²) in [7, 11) is 0. The molecule has 0 saturated heterocycles. The summed E-state index contributed by atoms with van der Waals surface area (Å²) in [6.45, 7) is 1.85. The van der Waals surface area contributed by atoms with Crippen molar-refractivity contribution in [1.82, 2.24) is 15.6 Å². The fraction of sp³-hybridized carbons (Fsp3) is 0.300. The third-order valence-electron chi connectivity index (χ3n) is 1.87. The molecule has 0 aliphatic heterocycles. The van der Waals surface area contributed by atoms with Gasteiger partial charge in [0.2, 0.25) is 5.96 Å². The highest BCUT2D eigenvalue weighted by atomic mass is 35.5. The number of pyridine rings is 1. The van der Waals surface area contributed by atoms with Crippen LogP contribution in [-0.4, -0.2) is 24.0 Å². The molecule has 17 heavy (non-hydrogen) atoms. The van der Waals surface area contributed by atoms with Crippen LogP contribution < -0.4 is 16.4 Å². The molecule has 0 radical (unpaired) electrons. The third kappa shape index (κ3) is 5.70. The fourth-order valence-corrected chi connectivity index (χ4v) is 1.21. The Balaban J connectivity index is 2.19. The second kappa shape index (κ2) is 7.44. The second-order valence-corrected chi connectivity index (χ2v) is 3.56. The molecule has 0 saturated carbocycles. The van der Waals surface area contributed by atoms with E-state index >= 15 is 0 Å². The number of nitrogens with one attached hydrogen (secondary N) is 2. The summed E-state index contributed by atoms with van der Waals surface area (Å²) in [6.07, 6.45) is 3.41. The van der Waals surface area contributed by atoms with Gasteiger partial charge in [-0.25, -0.2) is 4.98 Å². The van der Waals surface area contributed by atoms with Crippen molar-refractivity contribution in [2.75, 3.05) is 13.1 Å². The molecule has 1 rings (SSSR count). The second-order valence-electron chi connectivity index (χ2n) is 3.17. The van der Waals surface area contributed by atoms with E-state index < -0.39 is 0 Å². The average molecular weight is 253 g/mol. The number of hydrogen-bond acceptors (Lipinski definition) is 4. The van der Waals surface area contributed by atoms with Gasteiger partial charge in [-0.15, -0.1) is 0 Å². The largest absolute Gasteiger partial charge is 0.369 e. The fourth-order valence-electron chi connectivity index (χ4n) is 1.10. The summed E-state index contributed by atoms with van der Waals surface area (Å²) >= 11 is 5.66. The van der Waals surface area contributed by atoms with Crippen LogP contribution in [0, 0.1) is 11.5 Å². The van der Waals surface area contributed by atoms with Gasteiger partial charge in [0.05, 0.1) is 6.54 Å². The van der Waals surface area contributed by atoms with Crippen molar-refractivity contribution in [3.8, 4) is 6.19 Å². The van der Waals surface area contributed by atoms with Crippen molar-refractivity contribution in [2.24, 2.45) is 10.7 Å². The van der Waals surface area contributed by atoms with Gasteiger partial charge < -0.3 is 11.1 Å². The van der Waals surface area contributed by atoms with E-state index in [1.54, 1.807) is 18.5 Å². The van der Waals surface area contributed by atoms with E-state index in [2.05, 4.69) is 20.6 Å². The lowest BCUT2D eigenvalue weighted by atomic mass is 10.3. The van der Waals surface area contributed by atoms with E-state index in [-0.39, 0.29) is 5.96 Å². The normalized spacial score (nSPS) is 10.9. The van der Waals surface area contributed by atoms with Crippen molar-refractivity contribution >= 4 is 17.6 Å². The maximum Gasteiger partial charge on any atom is 0.202 e. The van der Waals surface area contributed by atoms with Crippen LogP contribution in [-0.2, 0) is 6.54 Å². The molecule has 0 unspecified atom stereocenters. The number of nitrogens with zero attached hydrogens (tertiary/aromatic N) is 3. The predicted molar refractivity (Wildman–Crippen MR) is 66.2 cm³/mol. The molecule has 7 heteroatoms. The van der Waals surface area contributed by atoms with Crippen molar-refractivity contribution < 1.29 is 0 Å². The van der Waals surface area contributed by atoms with E-state index in [1.165, 1.54) is 0 Å². The van der Waals surface area contributed by atoms with E-state index in [1.807, 2.05) is 6.07 Å². The van der Waals surface area contributed by atoms with Crippen LogP contribution in [0.2, 0.25) is 5.15 Å². The zero-order valence-corrected chi connectivity index (χ0v) is 9.91. The van der Waals surface area contributed by atoms with E-state index in [0.29, 0.717) is 24.8 Å². The smallest absolute Gasteiger partial charge is 0.202 e. The molecule has 6 nitrogen and oxygen atoms in total. The molecule has 90 valence electrons. The highest BCUT2D eigenvalue weighted by Crippen LogP contribution is 2.04. The SMILES string of the molecule is N#CNC(N)=NCCNCc1ccc(Cl)nc1. The number of hydrogen-bond donors (Lipinski definition) is 3. The Kier molecular flexibility index (Phi) is 5.79. The van der Waals surface area contributed by atoms with Crippen LogP contribution in [0.25, 0.3) is 0 Å². The molecule has 0 aliphatic carbocycles. The Morgan fingerprint density at radius 2 is 2.41 bits per heavy atom. The zero-order valence-electron chi connectivity index (χ0n) is 9.15. The van der Waals surface area contributed by atoms with Gasteiger partial charge in [0.15, 0.2) is 6.19 Å². The van der Waals surface area contributed by atoms with E-state index in [0.717, 1.165) is 5.56 Å². The molecule has 0 aliphatic rings. The standard InChI is InChI=1S/C10H13ClN6/c11-9-2-1-8(6-16-9)5-14-3-4-15-10(13)17-7-12/h1-2,6,14H,3-5H2,(H3,13,15,17). The van der Waals surface area contributed by atoms with Crippen molar-refractivity contribution in [3.63, 3.8) is 0 Å². The molecular weight excluding hydrogens is 240 g/mol.